The fraction of sp³-hybridized carbons (Fsp3) is 0.235. The van der Waals surface area contributed by atoms with Gasteiger partial charge in [-0.25, -0.2) is 4.98 Å². The number of hydrogen-bond donors (Lipinski definition) is 1. The van der Waals surface area contributed by atoms with Crippen LogP contribution in [-0.2, 0) is 0 Å². The molecule has 0 radical (unpaired) electrons. The van der Waals surface area contributed by atoms with E-state index in [9.17, 15) is 0 Å². The number of para-hydroxylation sites is 1. The van der Waals surface area contributed by atoms with Crippen LogP contribution in [0.4, 0.5) is 0 Å². The summed E-state index contributed by atoms with van der Waals surface area (Å²) in [4.78, 5) is 7.01. The third-order valence-corrected chi connectivity index (χ3v) is 4.48. The first-order valence-corrected chi connectivity index (χ1v) is 7.78. The lowest BCUT2D eigenvalue weighted by Crippen LogP contribution is -2.17. The number of thiophene rings is 1. The molecule has 4 heteroatoms. The molecule has 0 bridgehead atoms. The van der Waals surface area contributed by atoms with Crippen molar-refractivity contribution in [3.63, 3.8) is 0 Å². The van der Waals surface area contributed by atoms with Crippen LogP contribution in [0.2, 0.25) is 0 Å². The first kappa shape index (κ1) is 14.0. The predicted octanol–water partition coefficient (Wildman–Crippen LogP) is 3.99. The Labute approximate surface area is 128 Å². The maximum Gasteiger partial charge on any atom is 0.146 e. The fourth-order valence-electron chi connectivity index (χ4n) is 2.31. The van der Waals surface area contributed by atoms with Gasteiger partial charge in [0.2, 0.25) is 0 Å². The molecular weight excluding hydrogens is 280 g/mol. The Morgan fingerprint density at radius 1 is 1.14 bits per heavy atom. The van der Waals surface area contributed by atoms with Gasteiger partial charge < -0.3 is 10.5 Å². The summed E-state index contributed by atoms with van der Waals surface area (Å²) in [6, 6.07) is 14.2. The molecule has 1 unspecified atom stereocenters. The van der Waals surface area contributed by atoms with Gasteiger partial charge in [-0.3, -0.25) is 0 Å². The molecule has 3 aromatic rings. The number of fused-ring (bicyclic) bond motifs is 1. The average Bonchev–Trinajstić information content (AvgIpc) is 2.91. The van der Waals surface area contributed by atoms with Crippen LogP contribution >= 0.6 is 11.3 Å². The van der Waals surface area contributed by atoms with Gasteiger partial charge in [-0.2, -0.15) is 0 Å². The summed E-state index contributed by atoms with van der Waals surface area (Å²) in [5.41, 5.74) is 7.77. The minimum Gasteiger partial charge on any atom is -0.481 e. The third kappa shape index (κ3) is 2.91. The van der Waals surface area contributed by atoms with Gasteiger partial charge >= 0.3 is 0 Å². The Balaban J connectivity index is 1.98. The maximum absolute atomic E-state index is 6.15. The molecule has 0 fully saturated rings. The summed E-state index contributed by atoms with van der Waals surface area (Å²) in [6.45, 7) is 4.52. The number of nitrogens with zero attached hydrogens (tertiary/aromatic N) is 1. The van der Waals surface area contributed by atoms with E-state index in [1.807, 2.05) is 31.2 Å². The number of nitrogens with two attached hydrogens (primary N) is 1. The van der Waals surface area contributed by atoms with E-state index in [1.54, 1.807) is 11.3 Å². The SMILES string of the molecule is Cc1ccc2cccc(OC(CN)c3ccc(C)s3)c2n1. The molecule has 0 saturated carbocycles. The largest absolute Gasteiger partial charge is 0.481 e. The van der Waals surface area contributed by atoms with E-state index in [1.165, 1.54) is 4.88 Å². The highest BCUT2D eigenvalue weighted by atomic mass is 32.1. The quantitative estimate of drug-likeness (QED) is 0.792. The summed E-state index contributed by atoms with van der Waals surface area (Å²) in [7, 11) is 0. The van der Waals surface area contributed by atoms with Crippen molar-refractivity contribution in [2.45, 2.75) is 20.0 Å². The monoisotopic (exact) mass is 298 g/mol. The van der Waals surface area contributed by atoms with Crippen LogP contribution in [0, 0.1) is 13.8 Å². The molecule has 1 atom stereocenters. The number of benzene rings is 1. The lowest BCUT2D eigenvalue weighted by Gasteiger charge is -2.17. The summed E-state index contributed by atoms with van der Waals surface area (Å²) in [5.74, 6) is 0.790. The molecular formula is C17H18N2OS. The van der Waals surface area contributed by atoms with Crippen molar-refractivity contribution in [3.8, 4) is 5.75 Å². The summed E-state index contributed by atoms with van der Waals surface area (Å²) < 4.78 is 6.15. The highest BCUT2D eigenvalue weighted by Gasteiger charge is 2.15. The van der Waals surface area contributed by atoms with Crippen molar-refractivity contribution >= 4 is 22.2 Å². The van der Waals surface area contributed by atoms with Crippen LogP contribution in [0.1, 0.15) is 21.6 Å². The van der Waals surface area contributed by atoms with Crippen LogP contribution < -0.4 is 10.5 Å². The molecule has 3 nitrogen and oxygen atoms in total. The van der Waals surface area contributed by atoms with Crippen LogP contribution in [0.5, 0.6) is 5.75 Å². The van der Waals surface area contributed by atoms with E-state index in [-0.39, 0.29) is 6.10 Å². The first-order valence-electron chi connectivity index (χ1n) is 6.97. The fourth-order valence-corrected chi connectivity index (χ4v) is 3.23. The second-order valence-electron chi connectivity index (χ2n) is 5.07. The Kier molecular flexibility index (Phi) is 3.90. The predicted molar refractivity (Wildman–Crippen MR) is 88.0 cm³/mol. The molecule has 2 aromatic heterocycles. The number of aryl methyl sites for hydroxylation is 2. The highest BCUT2D eigenvalue weighted by Crippen LogP contribution is 2.30. The Hall–Kier alpha value is -1.91. The highest BCUT2D eigenvalue weighted by molar-refractivity contribution is 7.12. The second kappa shape index (κ2) is 5.84. The number of rotatable bonds is 4. The number of aromatic nitrogens is 1. The minimum absolute atomic E-state index is 0.128. The van der Waals surface area contributed by atoms with Crippen molar-refractivity contribution in [2.24, 2.45) is 5.73 Å². The molecule has 21 heavy (non-hydrogen) atoms. The molecule has 3 rings (SSSR count). The van der Waals surface area contributed by atoms with Crippen molar-refractivity contribution in [1.29, 1.82) is 0 Å². The number of ether oxygens (including phenoxy) is 1. The normalized spacial score (nSPS) is 12.5. The van der Waals surface area contributed by atoms with E-state index in [0.29, 0.717) is 6.54 Å². The molecule has 0 spiro atoms. The molecule has 0 amide bonds. The molecule has 0 aliphatic carbocycles. The van der Waals surface area contributed by atoms with Gasteiger partial charge in [0, 0.05) is 27.4 Å². The van der Waals surface area contributed by atoms with E-state index >= 15 is 0 Å². The molecule has 1 aromatic carbocycles. The topological polar surface area (TPSA) is 48.1 Å². The lowest BCUT2D eigenvalue weighted by molar-refractivity contribution is 0.220. The molecule has 108 valence electrons. The van der Waals surface area contributed by atoms with Crippen LogP contribution in [-0.4, -0.2) is 11.5 Å². The van der Waals surface area contributed by atoms with Crippen LogP contribution in [0.25, 0.3) is 10.9 Å². The third-order valence-electron chi connectivity index (χ3n) is 3.38. The lowest BCUT2D eigenvalue weighted by atomic mass is 10.2. The van der Waals surface area contributed by atoms with E-state index < -0.39 is 0 Å². The van der Waals surface area contributed by atoms with Crippen molar-refractivity contribution in [2.75, 3.05) is 6.54 Å². The van der Waals surface area contributed by atoms with E-state index in [2.05, 4.69) is 30.1 Å². The van der Waals surface area contributed by atoms with Gasteiger partial charge in [0.05, 0.1) is 0 Å². The first-order chi connectivity index (χ1) is 10.2. The van der Waals surface area contributed by atoms with Gasteiger partial charge in [-0.05, 0) is 38.1 Å². The zero-order valence-electron chi connectivity index (χ0n) is 12.2. The maximum atomic E-state index is 6.15. The van der Waals surface area contributed by atoms with Crippen LogP contribution in [0.3, 0.4) is 0 Å². The summed E-state index contributed by atoms with van der Waals surface area (Å²) in [5, 5.41) is 1.08. The van der Waals surface area contributed by atoms with Crippen LogP contribution in [0.15, 0.2) is 42.5 Å². The zero-order valence-corrected chi connectivity index (χ0v) is 13.0. The van der Waals surface area contributed by atoms with Gasteiger partial charge in [0.1, 0.15) is 17.4 Å². The van der Waals surface area contributed by atoms with Crippen molar-refractivity contribution in [1.82, 2.24) is 4.98 Å². The molecule has 2 N–H and O–H groups in total. The molecule has 2 heterocycles. The van der Waals surface area contributed by atoms with Gasteiger partial charge in [0.15, 0.2) is 0 Å². The number of pyridine rings is 1. The second-order valence-corrected chi connectivity index (χ2v) is 6.39. The van der Waals surface area contributed by atoms with E-state index in [0.717, 1.165) is 27.2 Å². The van der Waals surface area contributed by atoms with Crippen molar-refractivity contribution in [3.05, 3.63) is 57.9 Å². The summed E-state index contributed by atoms with van der Waals surface area (Å²) in [6.07, 6.45) is -0.128. The number of hydrogen-bond acceptors (Lipinski definition) is 4. The average molecular weight is 298 g/mol. The summed E-state index contributed by atoms with van der Waals surface area (Å²) >= 11 is 1.72. The minimum atomic E-state index is -0.128. The van der Waals surface area contributed by atoms with E-state index in [4.69, 9.17) is 10.5 Å². The standard InChI is InChI=1S/C17H18N2OS/c1-11-6-8-13-4-3-5-14(17(13)19-11)20-15(10-18)16-9-7-12(2)21-16/h3-9,15H,10,18H2,1-2H3. The molecule has 0 aliphatic rings. The van der Waals surface area contributed by atoms with Gasteiger partial charge in [-0.1, -0.05) is 18.2 Å². The Morgan fingerprint density at radius 2 is 2.00 bits per heavy atom. The molecule has 0 aliphatic heterocycles. The Bertz CT molecular complexity index is 766. The van der Waals surface area contributed by atoms with Crippen molar-refractivity contribution < 1.29 is 4.74 Å². The van der Waals surface area contributed by atoms with Gasteiger partial charge in [0.25, 0.3) is 0 Å². The Morgan fingerprint density at radius 3 is 2.71 bits per heavy atom. The molecule has 0 saturated heterocycles. The van der Waals surface area contributed by atoms with Gasteiger partial charge in [-0.15, -0.1) is 11.3 Å². The zero-order chi connectivity index (χ0) is 14.8. The smallest absolute Gasteiger partial charge is 0.146 e.